The van der Waals surface area contributed by atoms with E-state index in [2.05, 4.69) is 47.4 Å². The van der Waals surface area contributed by atoms with Gasteiger partial charge in [-0.1, -0.05) is 18.2 Å². The first-order valence-corrected chi connectivity index (χ1v) is 6.03. The van der Waals surface area contributed by atoms with Crippen LogP contribution in [0.5, 0.6) is 0 Å². The summed E-state index contributed by atoms with van der Waals surface area (Å²) in [6.07, 6.45) is 3.21. The van der Waals surface area contributed by atoms with E-state index in [0.29, 0.717) is 0 Å². The number of benzene rings is 1. The van der Waals surface area contributed by atoms with E-state index < -0.39 is 0 Å². The minimum atomic E-state index is 0.00409. The van der Waals surface area contributed by atoms with Crippen molar-refractivity contribution in [3.63, 3.8) is 0 Å². The van der Waals surface area contributed by atoms with Crippen molar-refractivity contribution in [1.29, 1.82) is 0 Å². The highest BCUT2D eigenvalue weighted by molar-refractivity contribution is 5.84. The number of aryl methyl sites for hydroxylation is 1. The lowest BCUT2D eigenvalue weighted by atomic mass is 9.89. The Morgan fingerprint density at radius 3 is 2.76 bits per heavy atom. The third-order valence-electron chi connectivity index (χ3n) is 3.82. The van der Waals surface area contributed by atoms with Crippen molar-refractivity contribution in [2.75, 3.05) is 20.2 Å². The Kier molecular flexibility index (Phi) is 2.45. The summed E-state index contributed by atoms with van der Waals surface area (Å²) < 4.78 is 7.86. The number of para-hydroxylation sites is 1. The van der Waals surface area contributed by atoms with E-state index >= 15 is 0 Å². The zero-order chi connectivity index (χ0) is 11.9. The van der Waals surface area contributed by atoms with Crippen LogP contribution in [0.15, 0.2) is 30.5 Å². The molecule has 1 fully saturated rings. The predicted molar refractivity (Wildman–Crippen MR) is 69.2 cm³/mol. The van der Waals surface area contributed by atoms with Crippen LogP contribution in [0.3, 0.4) is 0 Å². The van der Waals surface area contributed by atoms with E-state index in [-0.39, 0.29) is 5.60 Å². The zero-order valence-corrected chi connectivity index (χ0v) is 10.4. The molecule has 0 bridgehead atoms. The standard InChI is InChI=1S/C14H18N2O/c1-16-8-11(7-14(17-2)9-15-10-14)12-5-3-4-6-13(12)16/h3-6,8,15H,7,9-10H2,1-2H3. The van der Waals surface area contributed by atoms with Gasteiger partial charge in [0.2, 0.25) is 0 Å². The first-order chi connectivity index (χ1) is 8.24. The summed E-state index contributed by atoms with van der Waals surface area (Å²) in [4.78, 5) is 0. The maximum Gasteiger partial charge on any atom is 0.0966 e. The molecule has 3 nitrogen and oxygen atoms in total. The summed E-state index contributed by atoms with van der Waals surface area (Å²) in [6, 6.07) is 8.55. The van der Waals surface area contributed by atoms with Crippen LogP contribution in [0, 0.1) is 0 Å². The normalized spacial score (nSPS) is 18.2. The summed E-state index contributed by atoms with van der Waals surface area (Å²) in [5.74, 6) is 0. The second kappa shape index (κ2) is 3.86. The molecular formula is C14H18N2O. The lowest BCUT2D eigenvalue weighted by molar-refractivity contribution is -0.0500. The molecule has 3 heteroatoms. The van der Waals surface area contributed by atoms with Gasteiger partial charge in [-0.25, -0.2) is 0 Å². The minimum Gasteiger partial charge on any atom is -0.375 e. The van der Waals surface area contributed by atoms with Gasteiger partial charge in [-0.3, -0.25) is 0 Å². The molecule has 0 aliphatic carbocycles. The average molecular weight is 230 g/mol. The summed E-state index contributed by atoms with van der Waals surface area (Å²) in [7, 11) is 3.91. The highest BCUT2D eigenvalue weighted by atomic mass is 16.5. The van der Waals surface area contributed by atoms with Crippen LogP contribution in [-0.4, -0.2) is 30.4 Å². The number of hydrogen-bond donors (Lipinski definition) is 1. The van der Waals surface area contributed by atoms with Crippen LogP contribution in [0.4, 0.5) is 0 Å². The summed E-state index contributed by atoms with van der Waals surface area (Å²) >= 11 is 0. The summed E-state index contributed by atoms with van der Waals surface area (Å²) in [5.41, 5.74) is 2.68. The Morgan fingerprint density at radius 2 is 2.12 bits per heavy atom. The molecule has 2 aromatic rings. The minimum absolute atomic E-state index is 0.00409. The van der Waals surface area contributed by atoms with Crippen LogP contribution in [0.1, 0.15) is 5.56 Å². The number of methoxy groups -OCH3 is 1. The highest BCUT2D eigenvalue weighted by Crippen LogP contribution is 2.27. The molecule has 3 rings (SSSR count). The maximum atomic E-state index is 5.66. The van der Waals surface area contributed by atoms with Gasteiger partial charge in [-0.2, -0.15) is 0 Å². The van der Waals surface area contributed by atoms with E-state index in [1.807, 2.05) is 7.11 Å². The van der Waals surface area contributed by atoms with Crippen molar-refractivity contribution >= 4 is 10.9 Å². The zero-order valence-electron chi connectivity index (χ0n) is 10.4. The number of aromatic nitrogens is 1. The van der Waals surface area contributed by atoms with Gasteiger partial charge in [0.1, 0.15) is 0 Å². The van der Waals surface area contributed by atoms with Gasteiger partial charge in [0.15, 0.2) is 0 Å². The Labute approximate surface area is 101 Å². The molecule has 90 valence electrons. The smallest absolute Gasteiger partial charge is 0.0966 e. The largest absolute Gasteiger partial charge is 0.375 e. The van der Waals surface area contributed by atoms with Crippen molar-refractivity contribution in [1.82, 2.24) is 9.88 Å². The van der Waals surface area contributed by atoms with E-state index in [0.717, 1.165) is 19.5 Å². The summed E-state index contributed by atoms with van der Waals surface area (Å²) in [6.45, 7) is 1.90. The van der Waals surface area contributed by atoms with Gasteiger partial charge in [0, 0.05) is 50.8 Å². The second-order valence-corrected chi connectivity index (χ2v) is 4.95. The predicted octanol–water partition coefficient (Wildman–Crippen LogP) is 1.71. The average Bonchev–Trinajstić information content (AvgIpc) is 2.62. The van der Waals surface area contributed by atoms with Crippen molar-refractivity contribution in [3.8, 4) is 0 Å². The number of hydrogen-bond acceptors (Lipinski definition) is 2. The lowest BCUT2D eigenvalue weighted by Crippen LogP contribution is -2.61. The number of nitrogens with one attached hydrogen (secondary N) is 1. The number of fused-ring (bicyclic) bond motifs is 1. The number of rotatable bonds is 3. The first-order valence-electron chi connectivity index (χ1n) is 6.03. The molecule has 0 amide bonds. The first kappa shape index (κ1) is 10.8. The molecule has 1 aliphatic heterocycles. The molecule has 2 heterocycles. The van der Waals surface area contributed by atoms with Crippen molar-refractivity contribution in [2.24, 2.45) is 7.05 Å². The van der Waals surface area contributed by atoms with Gasteiger partial charge in [0.25, 0.3) is 0 Å². The molecule has 17 heavy (non-hydrogen) atoms. The number of nitrogens with zero attached hydrogens (tertiary/aromatic N) is 1. The molecule has 0 radical (unpaired) electrons. The van der Waals surface area contributed by atoms with Crippen LogP contribution in [-0.2, 0) is 18.2 Å². The van der Waals surface area contributed by atoms with Crippen LogP contribution in [0.2, 0.25) is 0 Å². The number of ether oxygens (including phenoxy) is 1. The topological polar surface area (TPSA) is 26.2 Å². The third kappa shape index (κ3) is 1.66. The molecule has 1 aromatic heterocycles. The maximum absolute atomic E-state index is 5.66. The quantitative estimate of drug-likeness (QED) is 0.868. The molecule has 1 N–H and O–H groups in total. The Morgan fingerprint density at radius 1 is 1.35 bits per heavy atom. The van der Waals surface area contributed by atoms with Crippen LogP contribution < -0.4 is 5.32 Å². The van der Waals surface area contributed by atoms with Crippen LogP contribution in [0.25, 0.3) is 10.9 Å². The van der Waals surface area contributed by atoms with Gasteiger partial charge >= 0.3 is 0 Å². The fraction of sp³-hybridized carbons (Fsp3) is 0.429. The fourth-order valence-electron chi connectivity index (χ4n) is 2.66. The molecule has 0 atom stereocenters. The molecule has 0 saturated carbocycles. The van der Waals surface area contributed by atoms with Crippen LogP contribution >= 0.6 is 0 Å². The molecule has 0 unspecified atom stereocenters. The van der Waals surface area contributed by atoms with Gasteiger partial charge in [-0.05, 0) is 11.6 Å². The third-order valence-corrected chi connectivity index (χ3v) is 3.82. The molecule has 1 saturated heterocycles. The van der Waals surface area contributed by atoms with E-state index in [4.69, 9.17) is 4.74 Å². The SMILES string of the molecule is COC1(Cc2cn(C)c3ccccc23)CNC1. The summed E-state index contributed by atoms with van der Waals surface area (Å²) in [5, 5.41) is 4.64. The van der Waals surface area contributed by atoms with E-state index in [1.165, 1.54) is 16.5 Å². The molecule has 0 spiro atoms. The second-order valence-electron chi connectivity index (χ2n) is 4.95. The van der Waals surface area contributed by atoms with Crippen molar-refractivity contribution in [2.45, 2.75) is 12.0 Å². The lowest BCUT2D eigenvalue weighted by Gasteiger charge is -2.41. The van der Waals surface area contributed by atoms with Crippen molar-refractivity contribution < 1.29 is 4.74 Å². The van der Waals surface area contributed by atoms with Gasteiger partial charge < -0.3 is 14.6 Å². The van der Waals surface area contributed by atoms with Gasteiger partial charge in [-0.15, -0.1) is 0 Å². The Bertz CT molecular complexity index is 535. The van der Waals surface area contributed by atoms with E-state index in [1.54, 1.807) is 0 Å². The highest BCUT2D eigenvalue weighted by Gasteiger charge is 2.37. The molecule has 1 aliphatic rings. The van der Waals surface area contributed by atoms with E-state index in [9.17, 15) is 0 Å². The molecule has 1 aromatic carbocycles. The fourth-order valence-corrected chi connectivity index (χ4v) is 2.66. The Hall–Kier alpha value is -1.32. The van der Waals surface area contributed by atoms with Crippen molar-refractivity contribution in [3.05, 3.63) is 36.0 Å². The Balaban J connectivity index is 2.00. The molecular weight excluding hydrogens is 212 g/mol. The monoisotopic (exact) mass is 230 g/mol. The van der Waals surface area contributed by atoms with Gasteiger partial charge in [0.05, 0.1) is 5.60 Å².